The van der Waals surface area contributed by atoms with Crippen LogP contribution in [0.15, 0.2) is 49.6 Å². The Balaban J connectivity index is 1.71. The van der Waals surface area contributed by atoms with Gasteiger partial charge in [0.1, 0.15) is 11.5 Å². The molecule has 2 aromatic rings. The van der Waals surface area contributed by atoms with E-state index >= 15 is 0 Å². The Kier molecular flexibility index (Phi) is 5.08. The lowest BCUT2D eigenvalue weighted by Gasteiger charge is -2.22. The monoisotopic (exact) mass is 404 g/mol. The Morgan fingerprint density at radius 3 is 2.47 bits per heavy atom. The molecule has 0 radical (unpaired) electrons. The molecule has 154 valence electrons. The average Bonchev–Trinajstić information content (AvgIpc) is 3.41. The van der Waals surface area contributed by atoms with Crippen LogP contribution in [0, 0.1) is 0 Å². The molecule has 0 saturated heterocycles. The standard InChI is InChI=1S/C24H24N2O4/c1-5-22(27)25-12-10-18-19(25)13-17(14-21(18)30-4)15(2)24(28)26-11-9-16-7-6-8-20(29-3)23(16)26/h5-8,13-14H,1-2,9-12H2,3-4H3. The van der Waals surface area contributed by atoms with Crippen LogP contribution in [-0.2, 0) is 22.4 Å². The Morgan fingerprint density at radius 1 is 1.03 bits per heavy atom. The van der Waals surface area contributed by atoms with Crippen molar-refractivity contribution >= 4 is 28.8 Å². The van der Waals surface area contributed by atoms with E-state index in [2.05, 4.69) is 13.2 Å². The Morgan fingerprint density at radius 2 is 1.77 bits per heavy atom. The number of amides is 2. The number of para-hydroxylation sites is 1. The molecule has 6 nitrogen and oxygen atoms in total. The summed E-state index contributed by atoms with van der Waals surface area (Å²) in [7, 11) is 3.19. The molecule has 2 aliphatic heterocycles. The highest BCUT2D eigenvalue weighted by molar-refractivity contribution is 6.26. The van der Waals surface area contributed by atoms with Crippen LogP contribution in [0.5, 0.6) is 11.5 Å². The van der Waals surface area contributed by atoms with Gasteiger partial charge in [0.25, 0.3) is 5.91 Å². The molecule has 0 aromatic heterocycles. The van der Waals surface area contributed by atoms with Gasteiger partial charge in [-0.2, -0.15) is 0 Å². The van der Waals surface area contributed by atoms with E-state index in [9.17, 15) is 9.59 Å². The molecule has 2 aliphatic rings. The summed E-state index contributed by atoms with van der Waals surface area (Å²) in [6, 6.07) is 9.44. The molecule has 0 unspecified atom stereocenters. The maximum absolute atomic E-state index is 13.4. The van der Waals surface area contributed by atoms with Gasteiger partial charge in [0.15, 0.2) is 0 Å². The van der Waals surface area contributed by atoms with Crippen LogP contribution in [0.4, 0.5) is 11.4 Å². The van der Waals surface area contributed by atoms with Gasteiger partial charge in [-0.1, -0.05) is 25.3 Å². The highest BCUT2D eigenvalue weighted by Gasteiger charge is 2.32. The topological polar surface area (TPSA) is 59.1 Å². The minimum absolute atomic E-state index is 0.178. The smallest absolute Gasteiger partial charge is 0.258 e. The number of hydrogen-bond donors (Lipinski definition) is 0. The number of anilines is 2. The van der Waals surface area contributed by atoms with Gasteiger partial charge in [0, 0.05) is 24.2 Å². The second-order valence-electron chi connectivity index (χ2n) is 7.27. The second-order valence-corrected chi connectivity index (χ2v) is 7.27. The van der Waals surface area contributed by atoms with Crippen molar-refractivity contribution in [2.24, 2.45) is 0 Å². The molecule has 0 fully saturated rings. The van der Waals surface area contributed by atoms with Gasteiger partial charge >= 0.3 is 0 Å². The first kappa shape index (κ1) is 19.8. The van der Waals surface area contributed by atoms with Gasteiger partial charge in [-0.25, -0.2) is 0 Å². The van der Waals surface area contributed by atoms with Gasteiger partial charge in [0.2, 0.25) is 5.91 Å². The number of methoxy groups -OCH3 is 2. The fraction of sp³-hybridized carbons (Fsp3) is 0.250. The third-order valence-electron chi connectivity index (χ3n) is 5.75. The van der Waals surface area contributed by atoms with Crippen LogP contribution >= 0.6 is 0 Å². The molecule has 2 amide bonds. The minimum atomic E-state index is -0.195. The van der Waals surface area contributed by atoms with Gasteiger partial charge in [0.05, 0.1) is 25.6 Å². The number of nitrogens with zero attached hydrogens (tertiary/aromatic N) is 2. The molecule has 0 N–H and O–H groups in total. The number of benzene rings is 2. The third-order valence-corrected chi connectivity index (χ3v) is 5.75. The average molecular weight is 404 g/mol. The molecular weight excluding hydrogens is 380 g/mol. The fourth-order valence-corrected chi connectivity index (χ4v) is 4.24. The highest BCUT2D eigenvalue weighted by Crippen LogP contribution is 2.41. The molecule has 30 heavy (non-hydrogen) atoms. The fourth-order valence-electron chi connectivity index (χ4n) is 4.24. The van der Waals surface area contributed by atoms with Crippen LogP contribution in [0.2, 0.25) is 0 Å². The van der Waals surface area contributed by atoms with E-state index in [-0.39, 0.29) is 11.8 Å². The van der Waals surface area contributed by atoms with Crippen LogP contribution < -0.4 is 19.3 Å². The number of carbonyl (C=O) groups excluding carboxylic acids is 2. The maximum atomic E-state index is 13.4. The number of ether oxygens (including phenoxy) is 2. The van der Waals surface area contributed by atoms with E-state index in [0.717, 1.165) is 28.9 Å². The summed E-state index contributed by atoms with van der Waals surface area (Å²) in [5.74, 6) is 0.943. The third kappa shape index (κ3) is 3.05. The van der Waals surface area contributed by atoms with Crippen molar-refractivity contribution in [2.45, 2.75) is 12.8 Å². The molecule has 4 rings (SSSR count). The summed E-state index contributed by atoms with van der Waals surface area (Å²) >= 11 is 0. The van der Waals surface area contributed by atoms with E-state index in [1.807, 2.05) is 30.3 Å². The van der Waals surface area contributed by atoms with Crippen LogP contribution in [-0.4, -0.2) is 39.1 Å². The zero-order valence-electron chi connectivity index (χ0n) is 17.2. The predicted octanol–water partition coefficient (Wildman–Crippen LogP) is 3.38. The zero-order valence-corrected chi connectivity index (χ0v) is 17.2. The van der Waals surface area contributed by atoms with Gasteiger partial charge < -0.3 is 19.3 Å². The van der Waals surface area contributed by atoms with E-state index in [1.165, 1.54) is 6.08 Å². The molecule has 2 heterocycles. The van der Waals surface area contributed by atoms with E-state index < -0.39 is 0 Å². The lowest BCUT2D eigenvalue weighted by molar-refractivity contribution is -0.114. The summed E-state index contributed by atoms with van der Waals surface area (Å²) in [5.41, 5.74) is 4.52. The number of hydrogen-bond acceptors (Lipinski definition) is 4. The van der Waals surface area contributed by atoms with Gasteiger partial charge in [-0.15, -0.1) is 0 Å². The van der Waals surface area contributed by atoms with Crippen molar-refractivity contribution in [1.29, 1.82) is 0 Å². The number of rotatable bonds is 5. The Labute approximate surface area is 176 Å². The van der Waals surface area contributed by atoms with Crippen molar-refractivity contribution in [3.05, 3.63) is 66.3 Å². The summed E-state index contributed by atoms with van der Waals surface area (Å²) in [5, 5.41) is 0. The van der Waals surface area contributed by atoms with Crippen molar-refractivity contribution in [3.63, 3.8) is 0 Å². The Hall–Kier alpha value is -3.54. The maximum Gasteiger partial charge on any atom is 0.258 e. The first-order valence-electron chi connectivity index (χ1n) is 9.82. The molecule has 0 atom stereocenters. The normalized spacial score (nSPS) is 14.2. The Bertz CT molecular complexity index is 1070. The molecule has 2 aromatic carbocycles. The summed E-state index contributed by atoms with van der Waals surface area (Å²) in [6.45, 7) is 8.78. The van der Waals surface area contributed by atoms with E-state index in [4.69, 9.17) is 9.47 Å². The lowest BCUT2D eigenvalue weighted by atomic mass is 10.0. The zero-order chi connectivity index (χ0) is 21.4. The van der Waals surface area contributed by atoms with Crippen LogP contribution in [0.3, 0.4) is 0 Å². The summed E-state index contributed by atoms with van der Waals surface area (Å²) in [6.07, 6.45) is 2.75. The minimum Gasteiger partial charge on any atom is -0.496 e. The van der Waals surface area contributed by atoms with E-state index in [1.54, 1.807) is 24.0 Å². The predicted molar refractivity (Wildman–Crippen MR) is 117 cm³/mol. The van der Waals surface area contributed by atoms with Crippen molar-refractivity contribution in [1.82, 2.24) is 0 Å². The van der Waals surface area contributed by atoms with E-state index in [0.29, 0.717) is 42.1 Å². The SMILES string of the molecule is C=CC(=O)N1CCc2c(OC)cc(C(=C)C(=O)N3CCc4cccc(OC)c43)cc21. The molecule has 0 saturated carbocycles. The molecule has 0 spiro atoms. The largest absolute Gasteiger partial charge is 0.496 e. The highest BCUT2D eigenvalue weighted by atomic mass is 16.5. The summed E-state index contributed by atoms with van der Waals surface area (Å²) < 4.78 is 11.0. The van der Waals surface area contributed by atoms with Gasteiger partial charge in [-0.05, 0) is 48.2 Å². The molecule has 0 bridgehead atoms. The van der Waals surface area contributed by atoms with Gasteiger partial charge in [-0.3, -0.25) is 9.59 Å². The summed E-state index contributed by atoms with van der Waals surface area (Å²) in [4.78, 5) is 29.0. The molecule has 6 heteroatoms. The van der Waals surface area contributed by atoms with Crippen molar-refractivity contribution < 1.29 is 19.1 Å². The lowest BCUT2D eigenvalue weighted by Crippen LogP contribution is -2.30. The number of carbonyl (C=O) groups is 2. The first-order valence-corrected chi connectivity index (χ1v) is 9.82. The molecule has 0 aliphatic carbocycles. The van der Waals surface area contributed by atoms with Crippen molar-refractivity contribution in [3.8, 4) is 11.5 Å². The first-order chi connectivity index (χ1) is 14.5. The number of fused-ring (bicyclic) bond motifs is 2. The van der Waals surface area contributed by atoms with Crippen LogP contribution in [0.1, 0.15) is 16.7 Å². The molecular formula is C24H24N2O4. The van der Waals surface area contributed by atoms with Crippen molar-refractivity contribution in [2.75, 3.05) is 37.1 Å². The quantitative estimate of drug-likeness (QED) is 0.717. The second kappa shape index (κ2) is 7.71. The van der Waals surface area contributed by atoms with Crippen LogP contribution in [0.25, 0.3) is 5.57 Å².